The summed E-state index contributed by atoms with van der Waals surface area (Å²) < 4.78 is 43.6. The molecule has 5 heteroatoms. The SMILES string of the molecule is CCCNC(c1ccc(C(F)(F)F)cc1)C(C)(CC)OC. The molecule has 0 aliphatic carbocycles. The van der Waals surface area contributed by atoms with Gasteiger partial charge in [0.05, 0.1) is 17.2 Å². The molecule has 0 heterocycles. The molecule has 21 heavy (non-hydrogen) atoms. The van der Waals surface area contributed by atoms with Crippen LogP contribution in [0.4, 0.5) is 13.2 Å². The number of nitrogens with one attached hydrogen (secondary N) is 1. The molecule has 0 spiro atoms. The van der Waals surface area contributed by atoms with E-state index in [2.05, 4.69) is 5.32 Å². The van der Waals surface area contributed by atoms with Gasteiger partial charge in [0.1, 0.15) is 0 Å². The number of methoxy groups -OCH3 is 1. The highest BCUT2D eigenvalue weighted by Crippen LogP contribution is 2.34. The van der Waals surface area contributed by atoms with Crippen molar-refractivity contribution in [2.45, 2.75) is 51.4 Å². The lowest BCUT2D eigenvalue weighted by Crippen LogP contribution is -2.43. The van der Waals surface area contributed by atoms with Crippen molar-refractivity contribution in [2.75, 3.05) is 13.7 Å². The first-order valence-electron chi connectivity index (χ1n) is 7.24. The van der Waals surface area contributed by atoms with Crippen LogP contribution in [0, 0.1) is 0 Å². The second-order valence-electron chi connectivity index (χ2n) is 5.38. The quantitative estimate of drug-likeness (QED) is 0.797. The maximum Gasteiger partial charge on any atom is 0.416 e. The van der Waals surface area contributed by atoms with Gasteiger partial charge in [0.25, 0.3) is 0 Å². The number of ether oxygens (including phenoxy) is 1. The summed E-state index contributed by atoms with van der Waals surface area (Å²) in [7, 11) is 1.63. The number of alkyl halides is 3. The summed E-state index contributed by atoms with van der Waals surface area (Å²) in [4.78, 5) is 0. The third kappa shape index (κ3) is 4.45. The van der Waals surface area contributed by atoms with Gasteiger partial charge in [-0.1, -0.05) is 26.0 Å². The van der Waals surface area contributed by atoms with E-state index in [9.17, 15) is 13.2 Å². The van der Waals surface area contributed by atoms with E-state index >= 15 is 0 Å². The summed E-state index contributed by atoms with van der Waals surface area (Å²) in [5.41, 5.74) is -0.284. The van der Waals surface area contributed by atoms with Gasteiger partial charge in [-0.25, -0.2) is 0 Å². The minimum absolute atomic E-state index is 0.144. The summed E-state index contributed by atoms with van der Waals surface area (Å²) >= 11 is 0. The summed E-state index contributed by atoms with van der Waals surface area (Å²) in [5, 5.41) is 3.38. The van der Waals surface area contributed by atoms with Crippen LogP contribution in [0.1, 0.15) is 50.8 Å². The number of rotatable bonds is 7. The average molecular weight is 303 g/mol. The highest BCUT2D eigenvalue weighted by atomic mass is 19.4. The Kier molecular flexibility index (Phi) is 6.23. The van der Waals surface area contributed by atoms with Gasteiger partial charge < -0.3 is 10.1 Å². The van der Waals surface area contributed by atoms with Crippen LogP contribution in [0.25, 0.3) is 0 Å². The lowest BCUT2D eigenvalue weighted by molar-refractivity contribution is -0.137. The monoisotopic (exact) mass is 303 g/mol. The lowest BCUT2D eigenvalue weighted by atomic mass is 9.87. The van der Waals surface area contributed by atoms with Crippen molar-refractivity contribution in [2.24, 2.45) is 0 Å². The van der Waals surface area contributed by atoms with Crippen LogP contribution >= 0.6 is 0 Å². The second kappa shape index (κ2) is 7.27. The van der Waals surface area contributed by atoms with Crippen molar-refractivity contribution in [1.82, 2.24) is 5.32 Å². The summed E-state index contributed by atoms with van der Waals surface area (Å²) in [6.07, 6.45) is -2.60. The smallest absolute Gasteiger partial charge is 0.377 e. The van der Waals surface area contributed by atoms with Crippen LogP contribution in [0.2, 0.25) is 0 Å². The molecule has 120 valence electrons. The number of hydrogen-bond donors (Lipinski definition) is 1. The minimum atomic E-state index is -4.31. The zero-order valence-corrected chi connectivity index (χ0v) is 13.1. The normalized spacial score (nSPS) is 16.5. The highest BCUT2D eigenvalue weighted by Gasteiger charge is 2.35. The molecule has 0 fully saturated rings. The predicted octanol–water partition coefficient (Wildman–Crippen LogP) is 4.56. The maximum absolute atomic E-state index is 12.6. The first-order chi connectivity index (χ1) is 9.78. The lowest BCUT2D eigenvalue weighted by Gasteiger charge is -2.37. The van der Waals surface area contributed by atoms with Crippen molar-refractivity contribution in [3.05, 3.63) is 35.4 Å². The van der Waals surface area contributed by atoms with E-state index in [0.29, 0.717) is 0 Å². The number of benzene rings is 1. The molecule has 0 amide bonds. The molecule has 2 atom stereocenters. The summed E-state index contributed by atoms with van der Waals surface area (Å²) in [6, 6.07) is 5.17. The molecule has 2 unspecified atom stereocenters. The van der Waals surface area contributed by atoms with Gasteiger partial charge in [0.2, 0.25) is 0 Å². The van der Waals surface area contributed by atoms with E-state index in [4.69, 9.17) is 4.74 Å². The fourth-order valence-corrected chi connectivity index (χ4v) is 2.31. The minimum Gasteiger partial charge on any atom is -0.377 e. The topological polar surface area (TPSA) is 21.3 Å². The molecule has 1 aromatic rings. The molecule has 0 bridgehead atoms. The van der Waals surface area contributed by atoms with Gasteiger partial charge >= 0.3 is 6.18 Å². The second-order valence-corrected chi connectivity index (χ2v) is 5.38. The summed E-state index contributed by atoms with van der Waals surface area (Å²) in [5.74, 6) is 0. The third-order valence-electron chi connectivity index (χ3n) is 3.95. The molecule has 0 radical (unpaired) electrons. The molecular formula is C16H24F3NO. The molecule has 1 N–H and O–H groups in total. The fourth-order valence-electron chi connectivity index (χ4n) is 2.31. The van der Waals surface area contributed by atoms with E-state index in [1.807, 2.05) is 20.8 Å². The van der Waals surface area contributed by atoms with E-state index in [0.717, 1.165) is 37.1 Å². The maximum atomic E-state index is 12.6. The van der Waals surface area contributed by atoms with Crippen molar-refractivity contribution < 1.29 is 17.9 Å². The van der Waals surface area contributed by atoms with Gasteiger partial charge in [-0.15, -0.1) is 0 Å². The predicted molar refractivity (Wildman–Crippen MR) is 78.2 cm³/mol. The average Bonchev–Trinajstić information content (AvgIpc) is 2.46. The van der Waals surface area contributed by atoms with E-state index in [1.165, 1.54) is 12.1 Å². The zero-order valence-electron chi connectivity index (χ0n) is 13.1. The number of hydrogen-bond acceptors (Lipinski definition) is 2. The van der Waals surface area contributed by atoms with E-state index < -0.39 is 17.3 Å². The van der Waals surface area contributed by atoms with Gasteiger partial charge in [0.15, 0.2) is 0 Å². The van der Waals surface area contributed by atoms with Gasteiger partial charge in [-0.05, 0) is 44.0 Å². The third-order valence-corrected chi connectivity index (χ3v) is 3.95. The van der Waals surface area contributed by atoms with Crippen LogP contribution in [-0.2, 0) is 10.9 Å². The van der Waals surface area contributed by atoms with Crippen molar-refractivity contribution in [3.63, 3.8) is 0 Å². The molecule has 0 saturated heterocycles. The largest absolute Gasteiger partial charge is 0.416 e. The van der Waals surface area contributed by atoms with Gasteiger partial charge in [-0.2, -0.15) is 13.2 Å². The van der Waals surface area contributed by atoms with Crippen LogP contribution < -0.4 is 5.32 Å². The highest BCUT2D eigenvalue weighted by molar-refractivity contribution is 5.28. The molecule has 0 aromatic heterocycles. The Morgan fingerprint density at radius 3 is 2.10 bits per heavy atom. The zero-order chi connectivity index (χ0) is 16.1. The molecule has 0 saturated carbocycles. The van der Waals surface area contributed by atoms with Crippen LogP contribution in [0.3, 0.4) is 0 Å². The molecule has 2 nitrogen and oxygen atoms in total. The van der Waals surface area contributed by atoms with Crippen molar-refractivity contribution in [1.29, 1.82) is 0 Å². The number of halogens is 3. The van der Waals surface area contributed by atoms with E-state index in [1.54, 1.807) is 7.11 Å². The molecule has 1 aromatic carbocycles. The Morgan fingerprint density at radius 2 is 1.71 bits per heavy atom. The molecule has 1 rings (SSSR count). The van der Waals surface area contributed by atoms with E-state index in [-0.39, 0.29) is 6.04 Å². The van der Waals surface area contributed by atoms with Crippen molar-refractivity contribution >= 4 is 0 Å². The fraction of sp³-hybridized carbons (Fsp3) is 0.625. The first-order valence-corrected chi connectivity index (χ1v) is 7.24. The molecular weight excluding hydrogens is 279 g/mol. The Bertz CT molecular complexity index is 424. The first kappa shape index (κ1) is 18.0. The van der Waals surface area contributed by atoms with Crippen LogP contribution in [0.5, 0.6) is 0 Å². The Hall–Kier alpha value is -1.07. The van der Waals surface area contributed by atoms with Gasteiger partial charge in [-0.3, -0.25) is 0 Å². The van der Waals surface area contributed by atoms with Crippen molar-refractivity contribution in [3.8, 4) is 0 Å². The Morgan fingerprint density at radius 1 is 1.14 bits per heavy atom. The standard InChI is InChI=1S/C16H24F3NO/c1-5-11-20-14(15(3,6-2)21-4)12-7-9-13(10-8-12)16(17,18)19/h7-10,14,20H,5-6,11H2,1-4H3. The Balaban J connectivity index is 3.09. The molecule has 0 aliphatic rings. The van der Waals surface area contributed by atoms with Crippen LogP contribution in [0.15, 0.2) is 24.3 Å². The van der Waals surface area contributed by atoms with Crippen LogP contribution in [-0.4, -0.2) is 19.3 Å². The Labute approximate surface area is 124 Å². The van der Waals surface area contributed by atoms with Gasteiger partial charge in [0, 0.05) is 7.11 Å². The summed E-state index contributed by atoms with van der Waals surface area (Å²) in [6.45, 7) is 6.81. The molecule has 0 aliphatic heterocycles.